The molecule has 1 unspecified atom stereocenters. The van der Waals surface area contributed by atoms with E-state index < -0.39 is 0 Å². The quantitative estimate of drug-likeness (QED) is 0.840. The molecule has 1 atom stereocenters. The average molecular weight is 283 g/mol. The summed E-state index contributed by atoms with van der Waals surface area (Å²) in [5, 5.41) is 1.23. The van der Waals surface area contributed by atoms with Gasteiger partial charge in [-0.25, -0.2) is 0 Å². The van der Waals surface area contributed by atoms with Crippen LogP contribution in [0.4, 0.5) is 0 Å². The first-order valence-electron chi connectivity index (χ1n) is 7.98. The zero-order chi connectivity index (χ0) is 14.7. The van der Waals surface area contributed by atoms with Crippen molar-refractivity contribution >= 4 is 10.9 Å². The third kappa shape index (κ3) is 3.60. The highest BCUT2D eigenvalue weighted by atomic mass is 15.2. The molecule has 0 amide bonds. The lowest BCUT2D eigenvalue weighted by Crippen LogP contribution is -2.39. The van der Waals surface area contributed by atoms with E-state index in [1.165, 1.54) is 36.9 Å². The zero-order valence-corrected chi connectivity index (χ0v) is 13.1. The largest absolute Gasteiger partial charge is 0.301 e. The van der Waals surface area contributed by atoms with E-state index in [-0.39, 0.29) is 0 Å². The summed E-state index contributed by atoms with van der Waals surface area (Å²) in [4.78, 5) is 9.42. The Morgan fingerprint density at radius 2 is 2.05 bits per heavy atom. The van der Waals surface area contributed by atoms with Crippen LogP contribution in [0.2, 0.25) is 0 Å². The van der Waals surface area contributed by atoms with Crippen LogP contribution in [0.15, 0.2) is 36.5 Å². The minimum atomic E-state index is 0.652. The van der Waals surface area contributed by atoms with E-state index >= 15 is 0 Å². The van der Waals surface area contributed by atoms with Crippen LogP contribution in [0.5, 0.6) is 0 Å². The number of likely N-dealkylation sites (tertiary alicyclic amines) is 1. The minimum Gasteiger partial charge on any atom is -0.301 e. The van der Waals surface area contributed by atoms with Crippen molar-refractivity contribution in [3.63, 3.8) is 0 Å². The summed E-state index contributed by atoms with van der Waals surface area (Å²) in [6, 6.07) is 11.4. The van der Waals surface area contributed by atoms with E-state index in [1.807, 2.05) is 12.3 Å². The van der Waals surface area contributed by atoms with Gasteiger partial charge in [-0.3, -0.25) is 9.88 Å². The number of likely N-dealkylation sites (N-methyl/N-ethyl adjacent to an activating group) is 1. The van der Waals surface area contributed by atoms with E-state index in [9.17, 15) is 0 Å². The molecule has 0 saturated carbocycles. The van der Waals surface area contributed by atoms with Crippen molar-refractivity contribution in [2.24, 2.45) is 0 Å². The molecule has 0 spiro atoms. The maximum atomic E-state index is 4.38. The van der Waals surface area contributed by atoms with Crippen LogP contribution in [0.25, 0.3) is 10.9 Å². The van der Waals surface area contributed by atoms with Crippen LogP contribution in [0, 0.1) is 0 Å². The molecule has 1 aromatic carbocycles. The molecular formula is C18H25N3. The molecule has 0 bridgehead atoms. The van der Waals surface area contributed by atoms with E-state index in [2.05, 4.69) is 53.0 Å². The Kier molecular flexibility index (Phi) is 4.51. The van der Waals surface area contributed by atoms with Crippen LogP contribution < -0.4 is 0 Å². The Morgan fingerprint density at radius 3 is 2.86 bits per heavy atom. The van der Waals surface area contributed by atoms with Gasteiger partial charge in [-0.1, -0.05) is 12.1 Å². The third-order valence-corrected chi connectivity index (χ3v) is 4.46. The highest BCUT2D eigenvalue weighted by molar-refractivity contribution is 5.78. The predicted octanol–water partition coefficient (Wildman–Crippen LogP) is 3.15. The van der Waals surface area contributed by atoms with Gasteiger partial charge in [-0.05, 0) is 63.7 Å². The average Bonchev–Trinajstić information content (AvgIpc) is 3.01. The highest BCUT2D eigenvalue weighted by Crippen LogP contribution is 2.16. The maximum Gasteiger partial charge on any atom is 0.0702 e. The summed E-state index contributed by atoms with van der Waals surface area (Å²) in [6.07, 6.45) is 4.59. The number of nitrogens with zero attached hydrogens (tertiary/aromatic N) is 3. The first kappa shape index (κ1) is 14.5. The molecule has 1 fully saturated rings. The Hall–Kier alpha value is -1.45. The molecule has 112 valence electrons. The standard InChI is InChI=1S/C18H25N3/c1-15(21-10-3-4-11-21)13-20(2)14-16-7-8-18-17(12-16)6-5-9-19-18/h5-9,12,15H,3-4,10-11,13-14H2,1-2H3. The van der Waals surface area contributed by atoms with Crippen molar-refractivity contribution in [3.8, 4) is 0 Å². The second-order valence-corrected chi connectivity index (χ2v) is 6.32. The van der Waals surface area contributed by atoms with Crippen LogP contribution in [-0.4, -0.2) is 47.5 Å². The topological polar surface area (TPSA) is 19.4 Å². The van der Waals surface area contributed by atoms with Crippen molar-refractivity contribution < 1.29 is 0 Å². The van der Waals surface area contributed by atoms with E-state index in [4.69, 9.17) is 0 Å². The Bertz CT molecular complexity index is 590. The molecule has 2 heterocycles. The fourth-order valence-corrected chi connectivity index (χ4v) is 3.35. The lowest BCUT2D eigenvalue weighted by Gasteiger charge is -2.28. The normalized spacial score (nSPS) is 17.7. The number of hydrogen-bond acceptors (Lipinski definition) is 3. The molecule has 0 aliphatic carbocycles. The van der Waals surface area contributed by atoms with Gasteiger partial charge in [-0.15, -0.1) is 0 Å². The van der Waals surface area contributed by atoms with Crippen molar-refractivity contribution in [1.29, 1.82) is 0 Å². The second-order valence-electron chi connectivity index (χ2n) is 6.32. The summed E-state index contributed by atoms with van der Waals surface area (Å²) in [7, 11) is 2.22. The maximum absolute atomic E-state index is 4.38. The number of aromatic nitrogens is 1. The summed E-state index contributed by atoms with van der Waals surface area (Å²) in [6.45, 7) is 7.04. The van der Waals surface area contributed by atoms with Crippen LogP contribution in [-0.2, 0) is 6.54 Å². The van der Waals surface area contributed by atoms with Gasteiger partial charge in [0.05, 0.1) is 5.52 Å². The van der Waals surface area contributed by atoms with Gasteiger partial charge < -0.3 is 4.90 Å². The molecule has 21 heavy (non-hydrogen) atoms. The van der Waals surface area contributed by atoms with Crippen molar-refractivity contribution in [2.75, 3.05) is 26.7 Å². The smallest absolute Gasteiger partial charge is 0.0702 e. The van der Waals surface area contributed by atoms with Gasteiger partial charge in [-0.2, -0.15) is 0 Å². The Balaban J connectivity index is 1.61. The fourth-order valence-electron chi connectivity index (χ4n) is 3.35. The molecule has 3 nitrogen and oxygen atoms in total. The number of hydrogen-bond donors (Lipinski definition) is 0. The van der Waals surface area contributed by atoms with Gasteiger partial charge in [0, 0.05) is 30.7 Å². The monoisotopic (exact) mass is 283 g/mol. The Labute approximate surface area is 127 Å². The van der Waals surface area contributed by atoms with Crippen LogP contribution >= 0.6 is 0 Å². The van der Waals surface area contributed by atoms with Gasteiger partial charge in [0.1, 0.15) is 0 Å². The number of benzene rings is 1. The van der Waals surface area contributed by atoms with Gasteiger partial charge in [0.15, 0.2) is 0 Å². The van der Waals surface area contributed by atoms with E-state index in [0.717, 1.165) is 18.6 Å². The highest BCUT2D eigenvalue weighted by Gasteiger charge is 2.19. The lowest BCUT2D eigenvalue weighted by molar-refractivity contribution is 0.188. The summed E-state index contributed by atoms with van der Waals surface area (Å²) >= 11 is 0. The first-order valence-corrected chi connectivity index (χ1v) is 7.98. The molecule has 1 aromatic heterocycles. The molecular weight excluding hydrogens is 258 g/mol. The van der Waals surface area contributed by atoms with Crippen LogP contribution in [0.1, 0.15) is 25.3 Å². The Morgan fingerprint density at radius 1 is 1.24 bits per heavy atom. The van der Waals surface area contributed by atoms with E-state index in [1.54, 1.807) is 0 Å². The van der Waals surface area contributed by atoms with Crippen molar-refractivity contribution in [1.82, 2.24) is 14.8 Å². The molecule has 1 aliphatic heterocycles. The van der Waals surface area contributed by atoms with Gasteiger partial charge in [0.25, 0.3) is 0 Å². The SMILES string of the molecule is CC(CN(C)Cc1ccc2ncccc2c1)N1CCCC1. The molecule has 0 radical (unpaired) electrons. The lowest BCUT2D eigenvalue weighted by atomic mass is 10.1. The molecule has 1 saturated heterocycles. The number of rotatable bonds is 5. The summed E-state index contributed by atoms with van der Waals surface area (Å²) in [5.41, 5.74) is 2.45. The summed E-state index contributed by atoms with van der Waals surface area (Å²) in [5.74, 6) is 0. The molecule has 3 rings (SSSR count). The van der Waals surface area contributed by atoms with E-state index in [0.29, 0.717) is 6.04 Å². The molecule has 3 heteroatoms. The zero-order valence-electron chi connectivity index (χ0n) is 13.1. The molecule has 2 aromatic rings. The van der Waals surface area contributed by atoms with Gasteiger partial charge in [0.2, 0.25) is 0 Å². The molecule has 1 aliphatic rings. The van der Waals surface area contributed by atoms with Crippen LogP contribution in [0.3, 0.4) is 0 Å². The van der Waals surface area contributed by atoms with Gasteiger partial charge >= 0.3 is 0 Å². The predicted molar refractivity (Wildman–Crippen MR) is 88.3 cm³/mol. The third-order valence-electron chi connectivity index (χ3n) is 4.46. The van der Waals surface area contributed by atoms with Crippen molar-refractivity contribution in [2.45, 2.75) is 32.4 Å². The fraction of sp³-hybridized carbons (Fsp3) is 0.500. The second kappa shape index (κ2) is 6.54. The minimum absolute atomic E-state index is 0.652. The first-order chi connectivity index (χ1) is 10.2. The van der Waals surface area contributed by atoms with Crippen molar-refractivity contribution in [3.05, 3.63) is 42.1 Å². The number of fused-ring (bicyclic) bond motifs is 1. The number of pyridine rings is 1. The molecule has 0 N–H and O–H groups in total. The summed E-state index contributed by atoms with van der Waals surface area (Å²) < 4.78 is 0.